The Morgan fingerprint density at radius 1 is 1.30 bits per heavy atom. The molecule has 0 heterocycles. The number of carboxylic acids is 1. The van der Waals surface area contributed by atoms with Crippen LogP contribution in [0.3, 0.4) is 0 Å². The van der Waals surface area contributed by atoms with Crippen molar-refractivity contribution in [3.05, 3.63) is 35.9 Å². The van der Waals surface area contributed by atoms with Gasteiger partial charge in [0.25, 0.3) is 0 Å². The number of amides is 2. The van der Waals surface area contributed by atoms with E-state index in [0.29, 0.717) is 6.54 Å². The molecular formula is C15H18N2O3. The van der Waals surface area contributed by atoms with E-state index in [2.05, 4.69) is 16.6 Å². The molecule has 5 heteroatoms. The second kappa shape index (κ2) is 8.59. The summed E-state index contributed by atoms with van der Waals surface area (Å²) in [5, 5.41) is 13.8. The summed E-state index contributed by atoms with van der Waals surface area (Å²) in [5.41, 5.74) is 1.20. The van der Waals surface area contributed by atoms with E-state index in [-0.39, 0.29) is 6.42 Å². The van der Waals surface area contributed by atoms with E-state index >= 15 is 0 Å². The molecule has 0 saturated heterocycles. The average molecular weight is 274 g/mol. The predicted molar refractivity (Wildman–Crippen MR) is 76.2 cm³/mol. The van der Waals surface area contributed by atoms with Gasteiger partial charge in [0.2, 0.25) is 0 Å². The molecule has 0 aromatic heterocycles. The normalized spacial score (nSPS) is 11.2. The molecule has 0 aliphatic rings. The summed E-state index contributed by atoms with van der Waals surface area (Å²) >= 11 is 0. The molecule has 0 bridgehead atoms. The molecule has 1 rings (SSSR count). The monoisotopic (exact) mass is 274 g/mol. The maximum atomic E-state index is 11.5. The van der Waals surface area contributed by atoms with Gasteiger partial charge in [-0.25, -0.2) is 9.59 Å². The number of carboxylic acid groups (broad SMARTS) is 1. The van der Waals surface area contributed by atoms with Crippen molar-refractivity contribution >= 4 is 12.0 Å². The first kappa shape index (κ1) is 15.6. The van der Waals surface area contributed by atoms with E-state index in [1.807, 2.05) is 30.3 Å². The molecule has 0 saturated carbocycles. The van der Waals surface area contributed by atoms with E-state index in [9.17, 15) is 9.59 Å². The summed E-state index contributed by atoms with van der Waals surface area (Å²) in [6.45, 7) is 0.475. The number of aliphatic carboxylic acids is 1. The van der Waals surface area contributed by atoms with Crippen molar-refractivity contribution in [3.63, 3.8) is 0 Å². The number of hydrogen-bond donors (Lipinski definition) is 3. The largest absolute Gasteiger partial charge is 0.480 e. The zero-order valence-corrected chi connectivity index (χ0v) is 11.1. The van der Waals surface area contributed by atoms with Crippen LogP contribution in [0.5, 0.6) is 0 Å². The Bertz CT molecular complexity index is 480. The Morgan fingerprint density at radius 2 is 2.00 bits per heavy atom. The lowest BCUT2D eigenvalue weighted by Gasteiger charge is -2.12. The second-order valence-electron chi connectivity index (χ2n) is 4.29. The molecule has 106 valence electrons. The highest BCUT2D eigenvalue weighted by Crippen LogP contribution is 2.01. The van der Waals surface area contributed by atoms with Gasteiger partial charge in [-0.3, -0.25) is 0 Å². The molecule has 0 spiro atoms. The average Bonchev–Trinajstić information content (AvgIpc) is 2.44. The predicted octanol–water partition coefficient (Wildman–Crippen LogP) is 1.39. The highest BCUT2D eigenvalue weighted by atomic mass is 16.4. The summed E-state index contributed by atoms with van der Waals surface area (Å²) in [5.74, 6) is 1.08. The fraction of sp³-hybridized carbons (Fsp3) is 0.333. The summed E-state index contributed by atoms with van der Waals surface area (Å²) in [7, 11) is 0. The van der Waals surface area contributed by atoms with Crippen molar-refractivity contribution in [2.45, 2.75) is 25.3 Å². The minimum atomic E-state index is -1.14. The number of terminal acetylenes is 1. The van der Waals surface area contributed by atoms with Gasteiger partial charge in [0, 0.05) is 13.0 Å². The number of aryl methyl sites for hydroxylation is 1. The molecular weight excluding hydrogens is 256 g/mol. The standard InChI is InChI=1S/C15H18N2O3/c1-2-7-13(14(18)19)17-15(20)16-11-6-10-12-8-4-3-5-9-12/h1,3-5,8-9,13H,6-7,10-11H2,(H,18,19)(H2,16,17,20). The Labute approximate surface area is 118 Å². The summed E-state index contributed by atoms with van der Waals surface area (Å²) in [4.78, 5) is 22.3. The maximum Gasteiger partial charge on any atom is 0.327 e. The van der Waals surface area contributed by atoms with Crippen LogP contribution in [0.4, 0.5) is 4.79 Å². The first-order chi connectivity index (χ1) is 9.63. The van der Waals surface area contributed by atoms with Crippen LogP contribution in [-0.2, 0) is 11.2 Å². The summed E-state index contributed by atoms with van der Waals surface area (Å²) in [6, 6.07) is 8.36. The second-order valence-corrected chi connectivity index (χ2v) is 4.29. The van der Waals surface area contributed by atoms with Crippen molar-refractivity contribution in [2.24, 2.45) is 0 Å². The lowest BCUT2D eigenvalue weighted by Crippen LogP contribution is -2.46. The molecule has 5 nitrogen and oxygen atoms in total. The molecule has 1 unspecified atom stereocenters. The van der Waals surface area contributed by atoms with E-state index < -0.39 is 18.0 Å². The number of benzene rings is 1. The van der Waals surface area contributed by atoms with Crippen LogP contribution < -0.4 is 10.6 Å². The number of urea groups is 1. The van der Waals surface area contributed by atoms with Crippen LogP contribution in [0.1, 0.15) is 18.4 Å². The number of rotatable bonds is 7. The molecule has 2 amide bonds. The van der Waals surface area contributed by atoms with Crippen molar-refractivity contribution in [3.8, 4) is 12.3 Å². The van der Waals surface area contributed by atoms with Crippen LogP contribution in [0.2, 0.25) is 0 Å². The third-order valence-electron chi connectivity index (χ3n) is 2.70. The maximum absolute atomic E-state index is 11.5. The SMILES string of the molecule is C#CCC(NC(=O)NCCCc1ccccc1)C(=O)O. The highest BCUT2D eigenvalue weighted by molar-refractivity contribution is 5.82. The van der Waals surface area contributed by atoms with E-state index in [1.54, 1.807) is 0 Å². The van der Waals surface area contributed by atoms with Crippen molar-refractivity contribution in [1.82, 2.24) is 10.6 Å². The third-order valence-corrected chi connectivity index (χ3v) is 2.70. The fourth-order valence-corrected chi connectivity index (χ4v) is 1.67. The Kier molecular flexibility index (Phi) is 6.69. The molecule has 1 aromatic rings. The zero-order valence-electron chi connectivity index (χ0n) is 11.1. The minimum absolute atomic E-state index is 0.0350. The van der Waals surface area contributed by atoms with Crippen molar-refractivity contribution in [2.75, 3.05) is 6.54 Å². The highest BCUT2D eigenvalue weighted by Gasteiger charge is 2.18. The lowest BCUT2D eigenvalue weighted by atomic mass is 10.1. The first-order valence-electron chi connectivity index (χ1n) is 6.38. The van der Waals surface area contributed by atoms with E-state index in [0.717, 1.165) is 12.8 Å². The zero-order chi connectivity index (χ0) is 14.8. The summed E-state index contributed by atoms with van der Waals surface area (Å²) < 4.78 is 0. The van der Waals surface area contributed by atoms with E-state index in [1.165, 1.54) is 5.56 Å². The molecule has 0 aliphatic carbocycles. The number of hydrogen-bond acceptors (Lipinski definition) is 2. The quantitative estimate of drug-likeness (QED) is 0.519. The summed E-state index contributed by atoms with van der Waals surface area (Å²) in [6.07, 6.45) is 6.65. The third kappa shape index (κ3) is 5.91. The molecule has 0 aliphatic heterocycles. The minimum Gasteiger partial charge on any atom is -0.480 e. The van der Waals surface area contributed by atoms with Gasteiger partial charge in [0.15, 0.2) is 0 Å². The van der Waals surface area contributed by atoms with Gasteiger partial charge >= 0.3 is 12.0 Å². The van der Waals surface area contributed by atoms with Gasteiger partial charge in [-0.2, -0.15) is 0 Å². The van der Waals surface area contributed by atoms with Crippen LogP contribution in [0.15, 0.2) is 30.3 Å². The fourth-order valence-electron chi connectivity index (χ4n) is 1.67. The van der Waals surface area contributed by atoms with Gasteiger partial charge in [-0.1, -0.05) is 30.3 Å². The molecule has 20 heavy (non-hydrogen) atoms. The molecule has 3 N–H and O–H groups in total. The van der Waals surface area contributed by atoms with Gasteiger partial charge in [-0.15, -0.1) is 12.3 Å². The number of nitrogens with one attached hydrogen (secondary N) is 2. The van der Waals surface area contributed by atoms with Crippen molar-refractivity contribution in [1.29, 1.82) is 0 Å². The molecule has 0 radical (unpaired) electrons. The molecule has 0 fully saturated rings. The van der Waals surface area contributed by atoms with Crippen molar-refractivity contribution < 1.29 is 14.7 Å². The van der Waals surface area contributed by atoms with Crippen LogP contribution in [-0.4, -0.2) is 29.7 Å². The number of carbonyl (C=O) groups is 2. The van der Waals surface area contributed by atoms with Crippen LogP contribution in [0, 0.1) is 12.3 Å². The van der Waals surface area contributed by atoms with Crippen LogP contribution in [0.25, 0.3) is 0 Å². The van der Waals surface area contributed by atoms with E-state index in [4.69, 9.17) is 11.5 Å². The van der Waals surface area contributed by atoms with Gasteiger partial charge < -0.3 is 15.7 Å². The molecule has 1 atom stereocenters. The molecule has 1 aromatic carbocycles. The Morgan fingerprint density at radius 3 is 2.60 bits per heavy atom. The van der Waals surface area contributed by atoms with Crippen LogP contribution >= 0.6 is 0 Å². The van der Waals surface area contributed by atoms with Gasteiger partial charge in [0.05, 0.1) is 0 Å². The number of carbonyl (C=O) groups excluding carboxylic acids is 1. The smallest absolute Gasteiger partial charge is 0.327 e. The van der Waals surface area contributed by atoms with Gasteiger partial charge in [0.1, 0.15) is 6.04 Å². The Hall–Kier alpha value is -2.48. The Balaban J connectivity index is 2.23. The lowest BCUT2D eigenvalue weighted by molar-refractivity contribution is -0.139. The topological polar surface area (TPSA) is 78.4 Å². The van der Waals surface area contributed by atoms with Gasteiger partial charge in [-0.05, 0) is 18.4 Å². The first-order valence-corrected chi connectivity index (χ1v) is 6.38.